The zero-order valence-electron chi connectivity index (χ0n) is 9.35. The number of fused-ring (bicyclic) bond motifs is 1. The van der Waals surface area contributed by atoms with Crippen molar-refractivity contribution in [2.24, 2.45) is 0 Å². The van der Waals surface area contributed by atoms with E-state index in [0.29, 0.717) is 17.1 Å². The minimum atomic E-state index is -0.889. The third-order valence-corrected chi connectivity index (χ3v) is 2.90. The number of carboxylic acids is 1. The largest absolute Gasteiger partial charge is 0.478 e. The summed E-state index contributed by atoms with van der Waals surface area (Å²) in [6.07, 6.45) is 3.61. The smallest absolute Gasteiger partial charge is 0.331 e. The van der Waals surface area contributed by atoms with Gasteiger partial charge in [0, 0.05) is 28.9 Å². The van der Waals surface area contributed by atoms with E-state index in [0.717, 1.165) is 10.9 Å². The Labute approximate surface area is 104 Å². The molecule has 0 fully saturated rings. The second-order valence-electron chi connectivity index (χ2n) is 3.86. The van der Waals surface area contributed by atoms with Gasteiger partial charge in [-0.25, -0.2) is 4.79 Å². The van der Waals surface area contributed by atoms with Gasteiger partial charge in [-0.2, -0.15) is 0 Å². The monoisotopic (exact) mass is 249 g/mol. The fourth-order valence-corrected chi connectivity index (χ4v) is 1.81. The summed E-state index contributed by atoms with van der Waals surface area (Å²) in [5, 5.41) is 10.5. The Kier molecular flexibility index (Phi) is 3.20. The van der Waals surface area contributed by atoms with E-state index < -0.39 is 5.97 Å². The van der Waals surface area contributed by atoms with Crippen LogP contribution in [0.2, 0.25) is 5.02 Å². The van der Waals surface area contributed by atoms with Crippen LogP contribution in [-0.4, -0.2) is 15.6 Å². The van der Waals surface area contributed by atoms with Crippen molar-refractivity contribution in [2.75, 3.05) is 0 Å². The van der Waals surface area contributed by atoms with Gasteiger partial charge < -0.3 is 9.67 Å². The molecule has 2 rings (SSSR count). The van der Waals surface area contributed by atoms with Crippen LogP contribution in [0, 0.1) is 0 Å². The molecule has 3 nitrogen and oxygen atoms in total. The lowest BCUT2D eigenvalue weighted by Crippen LogP contribution is -1.99. The molecule has 0 saturated heterocycles. The molecular weight excluding hydrogens is 238 g/mol. The van der Waals surface area contributed by atoms with Crippen molar-refractivity contribution in [3.05, 3.63) is 47.1 Å². The summed E-state index contributed by atoms with van der Waals surface area (Å²) >= 11 is 5.94. The first-order valence-corrected chi connectivity index (χ1v) is 5.60. The van der Waals surface area contributed by atoms with Gasteiger partial charge in [0.1, 0.15) is 0 Å². The first kappa shape index (κ1) is 11.7. The number of aromatic nitrogens is 1. The zero-order valence-corrected chi connectivity index (χ0v) is 10.1. The van der Waals surface area contributed by atoms with Crippen molar-refractivity contribution in [3.63, 3.8) is 0 Å². The van der Waals surface area contributed by atoms with E-state index in [2.05, 4.69) is 0 Å². The summed E-state index contributed by atoms with van der Waals surface area (Å²) in [5.74, 6) is -0.889. The summed E-state index contributed by atoms with van der Waals surface area (Å²) < 4.78 is 1.97. The number of allylic oxidation sites excluding steroid dienone is 1. The van der Waals surface area contributed by atoms with Gasteiger partial charge in [-0.1, -0.05) is 23.7 Å². The van der Waals surface area contributed by atoms with Gasteiger partial charge in [0.2, 0.25) is 0 Å². The van der Waals surface area contributed by atoms with Crippen molar-refractivity contribution in [2.45, 2.75) is 13.5 Å². The van der Waals surface area contributed by atoms with Crippen LogP contribution in [-0.2, 0) is 11.3 Å². The van der Waals surface area contributed by atoms with Gasteiger partial charge in [-0.05, 0) is 30.5 Å². The quantitative estimate of drug-likeness (QED) is 0.848. The van der Waals surface area contributed by atoms with Crippen LogP contribution in [0.1, 0.15) is 6.92 Å². The van der Waals surface area contributed by atoms with Crippen LogP contribution >= 0.6 is 11.6 Å². The van der Waals surface area contributed by atoms with Gasteiger partial charge in [-0.15, -0.1) is 0 Å². The molecule has 0 bridgehead atoms. The number of rotatable bonds is 3. The predicted octanol–water partition coefficient (Wildman–Crippen LogP) is 3.33. The van der Waals surface area contributed by atoms with Crippen molar-refractivity contribution in [3.8, 4) is 0 Å². The average Bonchev–Trinajstić information content (AvgIpc) is 2.68. The number of halogens is 1. The molecule has 1 N–H and O–H groups in total. The highest BCUT2D eigenvalue weighted by molar-refractivity contribution is 6.31. The number of carboxylic acid groups (broad SMARTS) is 1. The van der Waals surface area contributed by atoms with E-state index in [-0.39, 0.29) is 0 Å². The predicted molar refractivity (Wildman–Crippen MR) is 68.3 cm³/mol. The Hall–Kier alpha value is -1.74. The third-order valence-electron chi connectivity index (χ3n) is 2.67. The van der Waals surface area contributed by atoms with Gasteiger partial charge in [0.05, 0.1) is 0 Å². The normalized spacial score (nSPS) is 12.0. The molecule has 1 aromatic carbocycles. The van der Waals surface area contributed by atoms with E-state index in [9.17, 15) is 4.79 Å². The van der Waals surface area contributed by atoms with Crippen LogP contribution in [0.4, 0.5) is 0 Å². The third kappa shape index (κ3) is 2.50. The molecule has 0 radical (unpaired) electrons. The van der Waals surface area contributed by atoms with E-state index in [1.54, 1.807) is 13.0 Å². The molecule has 0 aliphatic rings. The molecule has 17 heavy (non-hydrogen) atoms. The Balaban J connectivity index is 2.34. The number of nitrogens with zero attached hydrogens (tertiary/aromatic N) is 1. The van der Waals surface area contributed by atoms with Crippen LogP contribution in [0.25, 0.3) is 10.9 Å². The SMILES string of the molecule is CC(=CCn1ccc2ccc(Cl)cc21)C(=O)O. The molecular formula is C13H12ClNO2. The Bertz CT molecular complexity index is 598. The summed E-state index contributed by atoms with van der Waals surface area (Å²) in [5.41, 5.74) is 1.35. The summed E-state index contributed by atoms with van der Waals surface area (Å²) in [6, 6.07) is 7.64. The lowest BCUT2D eigenvalue weighted by molar-refractivity contribution is -0.132. The lowest BCUT2D eigenvalue weighted by atomic mass is 10.2. The first-order valence-electron chi connectivity index (χ1n) is 5.22. The average molecular weight is 250 g/mol. The number of aliphatic carboxylic acids is 1. The minimum absolute atomic E-state index is 0.342. The molecule has 0 saturated carbocycles. The second kappa shape index (κ2) is 4.63. The van der Waals surface area contributed by atoms with E-state index >= 15 is 0 Å². The highest BCUT2D eigenvalue weighted by Gasteiger charge is 2.02. The molecule has 1 heterocycles. The summed E-state index contributed by atoms with van der Waals surface area (Å²) in [6.45, 7) is 2.11. The summed E-state index contributed by atoms with van der Waals surface area (Å²) in [4.78, 5) is 10.7. The zero-order chi connectivity index (χ0) is 12.4. The molecule has 0 aliphatic carbocycles. The highest BCUT2D eigenvalue weighted by atomic mass is 35.5. The molecule has 0 unspecified atom stereocenters. The van der Waals surface area contributed by atoms with Crippen molar-refractivity contribution >= 4 is 28.5 Å². The van der Waals surface area contributed by atoms with Crippen LogP contribution in [0.15, 0.2) is 42.1 Å². The number of benzene rings is 1. The van der Waals surface area contributed by atoms with Gasteiger partial charge in [0.15, 0.2) is 0 Å². The van der Waals surface area contributed by atoms with Crippen LogP contribution < -0.4 is 0 Å². The number of hydrogen-bond acceptors (Lipinski definition) is 1. The maximum Gasteiger partial charge on any atom is 0.331 e. The molecule has 2 aromatic rings. The fourth-order valence-electron chi connectivity index (χ4n) is 1.64. The standard InChI is InChI=1S/C13H12ClNO2/c1-9(13(16)17)4-6-15-7-5-10-2-3-11(14)8-12(10)15/h2-5,7-8H,6H2,1H3,(H,16,17). The Morgan fingerprint density at radius 3 is 2.94 bits per heavy atom. The lowest BCUT2D eigenvalue weighted by Gasteiger charge is -2.02. The molecule has 4 heteroatoms. The highest BCUT2D eigenvalue weighted by Crippen LogP contribution is 2.20. The van der Waals surface area contributed by atoms with Crippen LogP contribution in [0.5, 0.6) is 0 Å². The second-order valence-corrected chi connectivity index (χ2v) is 4.30. The molecule has 1 aromatic heterocycles. The topological polar surface area (TPSA) is 42.2 Å². The van der Waals surface area contributed by atoms with E-state index in [4.69, 9.17) is 16.7 Å². The van der Waals surface area contributed by atoms with Gasteiger partial charge >= 0.3 is 5.97 Å². The Morgan fingerprint density at radius 2 is 2.24 bits per heavy atom. The fraction of sp³-hybridized carbons (Fsp3) is 0.154. The summed E-state index contributed by atoms with van der Waals surface area (Å²) in [7, 11) is 0. The maximum absolute atomic E-state index is 10.7. The molecule has 0 spiro atoms. The van der Waals surface area contributed by atoms with E-state index in [1.807, 2.05) is 35.0 Å². The molecule has 88 valence electrons. The van der Waals surface area contributed by atoms with Gasteiger partial charge in [0.25, 0.3) is 0 Å². The first-order chi connectivity index (χ1) is 8.08. The minimum Gasteiger partial charge on any atom is -0.478 e. The van der Waals surface area contributed by atoms with E-state index in [1.165, 1.54) is 0 Å². The van der Waals surface area contributed by atoms with Crippen molar-refractivity contribution in [1.29, 1.82) is 0 Å². The van der Waals surface area contributed by atoms with Crippen molar-refractivity contribution in [1.82, 2.24) is 4.57 Å². The van der Waals surface area contributed by atoms with Crippen molar-refractivity contribution < 1.29 is 9.90 Å². The Morgan fingerprint density at radius 1 is 1.47 bits per heavy atom. The molecule has 0 amide bonds. The molecule has 0 aliphatic heterocycles. The van der Waals surface area contributed by atoms with Gasteiger partial charge in [-0.3, -0.25) is 0 Å². The maximum atomic E-state index is 10.7. The number of carbonyl (C=O) groups is 1. The number of hydrogen-bond donors (Lipinski definition) is 1. The van der Waals surface area contributed by atoms with Crippen LogP contribution in [0.3, 0.4) is 0 Å². The molecule has 0 atom stereocenters.